The van der Waals surface area contributed by atoms with Crippen molar-refractivity contribution < 1.29 is 9.59 Å². The Morgan fingerprint density at radius 1 is 1.21 bits per heavy atom. The number of nitrogens with zero attached hydrogens (tertiary/aromatic N) is 1. The van der Waals surface area contributed by atoms with Crippen LogP contribution in [0.2, 0.25) is 0 Å². The number of nitrogens with one attached hydrogen (secondary N) is 2. The molecule has 1 rings (SSSR count). The van der Waals surface area contributed by atoms with E-state index < -0.39 is 11.8 Å². The van der Waals surface area contributed by atoms with Crippen LogP contribution in [0, 0.1) is 0 Å². The number of hydrogen-bond acceptors (Lipinski definition) is 3. The third kappa shape index (κ3) is 5.85. The second kappa shape index (κ2) is 7.91. The fourth-order valence-electron chi connectivity index (χ4n) is 1.42. The minimum absolute atomic E-state index is 0.487. The van der Waals surface area contributed by atoms with Crippen LogP contribution in [0.3, 0.4) is 0 Å². The first kappa shape index (κ1) is 15.7. The third-order valence-electron chi connectivity index (χ3n) is 2.40. The SMILES string of the molecule is CN(C)CCCNC(=O)C(=O)Nc1ccccc1Br. The van der Waals surface area contributed by atoms with E-state index in [4.69, 9.17) is 0 Å². The highest BCUT2D eigenvalue weighted by molar-refractivity contribution is 9.10. The van der Waals surface area contributed by atoms with E-state index in [1.54, 1.807) is 18.2 Å². The highest BCUT2D eigenvalue weighted by Gasteiger charge is 2.13. The first-order valence-electron chi connectivity index (χ1n) is 5.99. The molecule has 6 heteroatoms. The molecule has 0 saturated heterocycles. The molecule has 104 valence electrons. The highest BCUT2D eigenvalue weighted by Crippen LogP contribution is 2.20. The average molecular weight is 328 g/mol. The monoisotopic (exact) mass is 327 g/mol. The van der Waals surface area contributed by atoms with E-state index >= 15 is 0 Å². The van der Waals surface area contributed by atoms with Crippen molar-refractivity contribution >= 4 is 33.4 Å². The highest BCUT2D eigenvalue weighted by atomic mass is 79.9. The molecular formula is C13H18BrN3O2. The number of para-hydroxylation sites is 1. The molecule has 1 aromatic carbocycles. The van der Waals surface area contributed by atoms with Gasteiger partial charge in [0.15, 0.2) is 0 Å². The first-order valence-corrected chi connectivity index (χ1v) is 6.78. The molecule has 0 saturated carbocycles. The van der Waals surface area contributed by atoms with Gasteiger partial charge in [0.25, 0.3) is 0 Å². The molecule has 0 bridgehead atoms. The molecule has 0 unspecified atom stereocenters. The lowest BCUT2D eigenvalue weighted by atomic mass is 10.3. The fraction of sp³-hybridized carbons (Fsp3) is 0.385. The van der Waals surface area contributed by atoms with Gasteiger partial charge in [0.2, 0.25) is 0 Å². The molecule has 19 heavy (non-hydrogen) atoms. The number of hydrogen-bond donors (Lipinski definition) is 2. The Morgan fingerprint density at radius 2 is 1.89 bits per heavy atom. The summed E-state index contributed by atoms with van der Waals surface area (Å²) < 4.78 is 0.740. The Kier molecular flexibility index (Phi) is 6.52. The van der Waals surface area contributed by atoms with Gasteiger partial charge in [0.05, 0.1) is 5.69 Å². The van der Waals surface area contributed by atoms with Gasteiger partial charge < -0.3 is 15.5 Å². The molecule has 0 aliphatic heterocycles. The maximum atomic E-state index is 11.6. The number of rotatable bonds is 5. The van der Waals surface area contributed by atoms with Crippen molar-refractivity contribution in [2.24, 2.45) is 0 Å². The Morgan fingerprint density at radius 3 is 2.53 bits per heavy atom. The first-order chi connectivity index (χ1) is 9.00. The van der Waals surface area contributed by atoms with Crippen LogP contribution in [-0.4, -0.2) is 43.9 Å². The Hall–Kier alpha value is -1.40. The lowest BCUT2D eigenvalue weighted by Crippen LogP contribution is -2.36. The molecular weight excluding hydrogens is 310 g/mol. The molecule has 0 aliphatic rings. The maximum Gasteiger partial charge on any atom is 0.313 e. The quantitative estimate of drug-likeness (QED) is 0.635. The molecule has 0 spiro atoms. The Labute approximate surface area is 121 Å². The second-order valence-corrected chi connectivity index (χ2v) is 5.20. The van der Waals surface area contributed by atoms with Crippen molar-refractivity contribution in [1.82, 2.24) is 10.2 Å². The van der Waals surface area contributed by atoms with E-state index in [1.165, 1.54) is 0 Å². The van der Waals surface area contributed by atoms with Gasteiger partial charge in [0.1, 0.15) is 0 Å². The summed E-state index contributed by atoms with van der Waals surface area (Å²) in [5, 5.41) is 5.14. The second-order valence-electron chi connectivity index (χ2n) is 4.35. The van der Waals surface area contributed by atoms with Crippen LogP contribution in [0.5, 0.6) is 0 Å². The molecule has 2 N–H and O–H groups in total. The van der Waals surface area contributed by atoms with Crippen LogP contribution >= 0.6 is 15.9 Å². The number of amides is 2. The van der Waals surface area contributed by atoms with Crippen LogP contribution in [0.15, 0.2) is 28.7 Å². The molecule has 1 aromatic rings. The minimum atomic E-state index is -0.656. The predicted molar refractivity (Wildman–Crippen MR) is 79.0 cm³/mol. The van der Waals surface area contributed by atoms with Crippen molar-refractivity contribution in [3.05, 3.63) is 28.7 Å². The predicted octanol–water partition coefficient (Wildman–Crippen LogP) is 1.46. The number of anilines is 1. The van der Waals surface area contributed by atoms with E-state index in [9.17, 15) is 9.59 Å². The van der Waals surface area contributed by atoms with E-state index in [-0.39, 0.29) is 0 Å². The van der Waals surface area contributed by atoms with Crippen molar-refractivity contribution in [2.45, 2.75) is 6.42 Å². The minimum Gasteiger partial charge on any atom is -0.348 e. The zero-order valence-corrected chi connectivity index (χ0v) is 12.7. The summed E-state index contributed by atoms with van der Waals surface area (Å²) >= 11 is 3.30. The standard InChI is InChI=1S/C13H18BrN3O2/c1-17(2)9-5-8-15-12(18)13(19)16-11-7-4-3-6-10(11)14/h3-4,6-7H,5,8-9H2,1-2H3,(H,15,18)(H,16,19). The van der Waals surface area contributed by atoms with Crippen LogP contribution < -0.4 is 10.6 Å². The van der Waals surface area contributed by atoms with Crippen molar-refractivity contribution in [3.63, 3.8) is 0 Å². The van der Waals surface area contributed by atoms with Gasteiger partial charge in [-0.15, -0.1) is 0 Å². The van der Waals surface area contributed by atoms with Crippen LogP contribution in [0.25, 0.3) is 0 Å². The summed E-state index contributed by atoms with van der Waals surface area (Å²) in [7, 11) is 3.92. The number of carbonyl (C=O) groups is 2. The number of halogens is 1. The van der Waals surface area contributed by atoms with Crippen molar-refractivity contribution in [2.75, 3.05) is 32.5 Å². The zero-order chi connectivity index (χ0) is 14.3. The zero-order valence-electron chi connectivity index (χ0n) is 11.1. The fourth-order valence-corrected chi connectivity index (χ4v) is 1.80. The van der Waals surface area contributed by atoms with Gasteiger partial charge in [-0.1, -0.05) is 12.1 Å². The number of benzene rings is 1. The molecule has 2 amide bonds. The summed E-state index contributed by atoms with van der Waals surface area (Å²) in [6.07, 6.45) is 0.807. The molecule has 5 nitrogen and oxygen atoms in total. The molecule has 0 fully saturated rings. The smallest absolute Gasteiger partial charge is 0.313 e. The van der Waals surface area contributed by atoms with Gasteiger partial charge in [-0.25, -0.2) is 0 Å². The summed E-state index contributed by atoms with van der Waals surface area (Å²) in [6.45, 7) is 1.35. The normalized spacial score (nSPS) is 10.3. The van der Waals surface area contributed by atoms with Gasteiger partial charge in [-0.2, -0.15) is 0 Å². The van der Waals surface area contributed by atoms with E-state index in [0.29, 0.717) is 12.2 Å². The molecule has 0 radical (unpaired) electrons. The summed E-state index contributed by atoms with van der Waals surface area (Å²) in [5.74, 6) is -1.27. The van der Waals surface area contributed by atoms with Crippen LogP contribution in [0.4, 0.5) is 5.69 Å². The van der Waals surface area contributed by atoms with E-state index in [1.807, 2.05) is 25.1 Å². The lowest BCUT2D eigenvalue weighted by molar-refractivity contribution is -0.136. The Balaban J connectivity index is 2.37. The van der Waals surface area contributed by atoms with Crippen LogP contribution in [0.1, 0.15) is 6.42 Å². The summed E-state index contributed by atoms with van der Waals surface area (Å²) in [5.41, 5.74) is 0.580. The largest absolute Gasteiger partial charge is 0.348 e. The summed E-state index contributed by atoms with van der Waals surface area (Å²) in [6, 6.07) is 7.14. The molecule has 0 heterocycles. The Bertz CT molecular complexity index is 449. The van der Waals surface area contributed by atoms with Gasteiger partial charge >= 0.3 is 11.8 Å². The lowest BCUT2D eigenvalue weighted by Gasteiger charge is -2.10. The van der Waals surface area contributed by atoms with Crippen molar-refractivity contribution in [1.29, 1.82) is 0 Å². The third-order valence-corrected chi connectivity index (χ3v) is 3.09. The van der Waals surface area contributed by atoms with Gasteiger partial charge in [0, 0.05) is 11.0 Å². The van der Waals surface area contributed by atoms with Crippen molar-refractivity contribution in [3.8, 4) is 0 Å². The van der Waals surface area contributed by atoms with E-state index in [0.717, 1.165) is 17.4 Å². The molecule has 0 aliphatic carbocycles. The van der Waals surface area contributed by atoms with Gasteiger partial charge in [-0.3, -0.25) is 9.59 Å². The van der Waals surface area contributed by atoms with Crippen LogP contribution in [-0.2, 0) is 9.59 Å². The number of carbonyl (C=O) groups excluding carboxylic acids is 2. The summed E-state index contributed by atoms with van der Waals surface area (Å²) in [4.78, 5) is 25.2. The average Bonchev–Trinajstić information content (AvgIpc) is 2.36. The van der Waals surface area contributed by atoms with E-state index in [2.05, 4.69) is 26.6 Å². The topological polar surface area (TPSA) is 61.4 Å². The van der Waals surface area contributed by atoms with Gasteiger partial charge in [-0.05, 0) is 55.1 Å². The maximum absolute atomic E-state index is 11.6. The molecule has 0 aromatic heterocycles. The molecule has 0 atom stereocenters.